The molecule has 1 saturated heterocycles. The first-order valence-electron chi connectivity index (χ1n) is 11.8. The molecule has 1 aliphatic heterocycles. The summed E-state index contributed by atoms with van der Waals surface area (Å²) in [6.45, 7) is 3.95. The molecule has 0 bridgehead atoms. The fourth-order valence-electron chi connectivity index (χ4n) is 4.82. The number of benzene rings is 3. The molecule has 1 aromatic heterocycles. The molecule has 0 radical (unpaired) electrons. The van der Waals surface area contributed by atoms with Crippen LogP contribution in [0.5, 0.6) is 17.2 Å². The Bertz CT molecular complexity index is 1610. The second kappa shape index (κ2) is 9.83. The highest BCUT2D eigenvalue weighted by Crippen LogP contribution is 2.48. The van der Waals surface area contributed by atoms with E-state index in [2.05, 4.69) is 0 Å². The number of anilines is 1. The van der Waals surface area contributed by atoms with Crippen molar-refractivity contribution < 1.29 is 28.9 Å². The van der Waals surface area contributed by atoms with E-state index in [1.165, 1.54) is 37.6 Å². The first-order chi connectivity index (χ1) is 18.3. The van der Waals surface area contributed by atoms with Crippen LogP contribution in [-0.2, 0) is 9.59 Å². The van der Waals surface area contributed by atoms with Gasteiger partial charge in [0.05, 0.1) is 37.1 Å². The van der Waals surface area contributed by atoms with Crippen molar-refractivity contribution in [3.8, 4) is 17.2 Å². The lowest BCUT2D eigenvalue weighted by Gasteiger charge is -2.25. The lowest BCUT2D eigenvalue weighted by atomic mass is 9.94. The van der Waals surface area contributed by atoms with Gasteiger partial charge >= 0.3 is 5.91 Å². The molecule has 1 fully saturated rings. The van der Waals surface area contributed by atoms with Gasteiger partial charge in [-0.1, -0.05) is 29.5 Å². The molecule has 3 aromatic carbocycles. The minimum atomic E-state index is -1.01. The number of hydrogen-bond acceptors (Lipinski definition) is 8. The van der Waals surface area contributed by atoms with E-state index in [1.54, 1.807) is 42.5 Å². The Morgan fingerprint density at radius 3 is 2.37 bits per heavy atom. The number of aliphatic hydroxyl groups is 1. The number of carbonyl (C=O) groups is 2. The molecule has 0 unspecified atom stereocenters. The van der Waals surface area contributed by atoms with Crippen LogP contribution >= 0.6 is 11.3 Å². The van der Waals surface area contributed by atoms with Gasteiger partial charge in [-0.15, -0.1) is 0 Å². The lowest BCUT2D eigenvalue weighted by molar-refractivity contribution is -0.132. The summed E-state index contributed by atoms with van der Waals surface area (Å²) in [5.74, 6) is -0.551. The molecule has 0 aliphatic carbocycles. The Labute approximate surface area is 223 Å². The number of Topliss-reactive ketones (excluding diaryl/α,β-unsaturated/α-hetero) is 1. The number of nitrogens with zero attached hydrogens (tertiary/aromatic N) is 2. The van der Waals surface area contributed by atoms with E-state index in [1.807, 2.05) is 26.0 Å². The van der Waals surface area contributed by atoms with Crippen molar-refractivity contribution in [1.82, 2.24) is 4.98 Å². The zero-order valence-corrected chi connectivity index (χ0v) is 22.4. The van der Waals surface area contributed by atoms with Crippen LogP contribution in [0.2, 0.25) is 0 Å². The minimum Gasteiger partial charge on any atom is -0.507 e. The molecule has 1 atom stereocenters. The van der Waals surface area contributed by atoms with Crippen LogP contribution < -0.4 is 19.1 Å². The molecule has 5 rings (SSSR count). The quantitative estimate of drug-likeness (QED) is 0.198. The van der Waals surface area contributed by atoms with E-state index in [4.69, 9.17) is 19.2 Å². The van der Waals surface area contributed by atoms with E-state index in [0.29, 0.717) is 33.5 Å². The smallest absolute Gasteiger partial charge is 0.301 e. The zero-order chi connectivity index (χ0) is 27.1. The van der Waals surface area contributed by atoms with Crippen LogP contribution in [0.1, 0.15) is 28.3 Å². The summed E-state index contributed by atoms with van der Waals surface area (Å²) in [7, 11) is 4.53. The fourth-order valence-corrected chi connectivity index (χ4v) is 5.99. The molecule has 2 heterocycles. The van der Waals surface area contributed by atoms with Crippen LogP contribution in [0, 0.1) is 13.8 Å². The van der Waals surface area contributed by atoms with Crippen molar-refractivity contribution >= 4 is 44.1 Å². The predicted molar refractivity (Wildman–Crippen MR) is 146 cm³/mol. The maximum absolute atomic E-state index is 13.6. The van der Waals surface area contributed by atoms with Crippen LogP contribution in [0.15, 0.2) is 60.2 Å². The first kappa shape index (κ1) is 25.3. The van der Waals surface area contributed by atoms with Crippen molar-refractivity contribution in [1.29, 1.82) is 0 Å². The standard InChI is InChI=1S/C29H26N2O6S/c1-15-13-16(2)23-21(14-15)38-29(30-23)31-24(19-7-6-8-20(36-4)27(19)37-5)22(26(33)28(31)34)25(32)17-9-11-18(35-3)12-10-17/h6-14,24,32H,1-5H3/t24-/m0/s1. The number of fused-ring (bicyclic) bond motifs is 1. The number of ether oxygens (including phenoxy) is 3. The number of thiazole rings is 1. The van der Waals surface area contributed by atoms with Gasteiger partial charge in [0.15, 0.2) is 16.6 Å². The Hall–Kier alpha value is -4.37. The van der Waals surface area contributed by atoms with Crippen LogP contribution in [0.3, 0.4) is 0 Å². The van der Waals surface area contributed by atoms with E-state index in [-0.39, 0.29) is 11.3 Å². The molecule has 0 spiro atoms. The van der Waals surface area contributed by atoms with Crippen molar-refractivity contribution in [2.24, 2.45) is 0 Å². The Morgan fingerprint density at radius 2 is 1.71 bits per heavy atom. The van der Waals surface area contributed by atoms with Crippen molar-refractivity contribution in [2.75, 3.05) is 26.2 Å². The summed E-state index contributed by atoms with van der Waals surface area (Å²) in [5, 5.41) is 11.8. The molecule has 1 amide bonds. The van der Waals surface area contributed by atoms with Crippen LogP contribution in [0.4, 0.5) is 5.13 Å². The Morgan fingerprint density at radius 1 is 0.974 bits per heavy atom. The number of methoxy groups -OCH3 is 3. The van der Waals surface area contributed by atoms with Gasteiger partial charge in [-0.25, -0.2) is 4.98 Å². The highest BCUT2D eigenvalue weighted by molar-refractivity contribution is 7.22. The molecule has 38 heavy (non-hydrogen) atoms. The maximum atomic E-state index is 13.6. The number of amides is 1. The average Bonchev–Trinajstić information content (AvgIpc) is 3.46. The Kier molecular flexibility index (Phi) is 6.54. The molecule has 0 saturated carbocycles. The summed E-state index contributed by atoms with van der Waals surface area (Å²) in [6.07, 6.45) is 0. The second-order valence-corrected chi connectivity index (χ2v) is 9.91. The number of aromatic nitrogens is 1. The van der Waals surface area contributed by atoms with Crippen molar-refractivity contribution in [3.63, 3.8) is 0 Å². The SMILES string of the molecule is COc1ccc(C(O)=C2C(=O)C(=O)N(c3nc4c(C)cc(C)cc4s3)[C@H]2c2cccc(OC)c2OC)cc1. The number of aliphatic hydroxyl groups excluding tert-OH is 1. The lowest BCUT2D eigenvalue weighted by Crippen LogP contribution is -2.29. The third kappa shape index (κ3) is 4.05. The number of rotatable bonds is 6. The summed E-state index contributed by atoms with van der Waals surface area (Å²) < 4.78 is 17.3. The summed E-state index contributed by atoms with van der Waals surface area (Å²) in [6, 6.07) is 14.8. The molecule has 8 nitrogen and oxygen atoms in total. The summed E-state index contributed by atoms with van der Waals surface area (Å²) in [5.41, 5.74) is 3.56. The van der Waals surface area contributed by atoms with E-state index in [0.717, 1.165) is 21.3 Å². The maximum Gasteiger partial charge on any atom is 0.301 e. The van der Waals surface area contributed by atoms with E-state index in [9.17, 15) is 14.7 Å². The zero-order valence-electron chi connectivity index (χ0n) is 21.6. The van der Waals surface area contributed by atoms with Crippen molar-refractivity contribution in [2.45, 2.75) is 19.9 Å². The number of ketones is 1. The monoisotopic (exact) mass is 530 g/mol. The highest BCUT2D eigenvalue weighted by Gasteiger charge is 2.49. The van der Waals surface area contributed by atoms with Gasteiger partial charge in [-0.2, -0.15) is 0 Å². The number of aryl methyl sites for hydroxylation is 2. The Balaban J connectivity index is 1.78. The fraction of sp³-hybridized carbons (Fsp3) is 0.207. The number of para-hydroxylation sites is 1. The second-order valence-electron chi connectivity index (χ2n) is 8.91. The van der Waals surface area contributed by atoms with Crippen LogP contribution in [-0.4, -0.2) is 43.1 Å². The van der Waals surface area contributed by atoms with Gasteiger partial charge in [0, 0.05) is 11.1 Å². The van der Waals surface area contributed by atoms with Gasteiger partial charge < -0.3 is 19.3 Å². The number of carbonyl (C=O) groups excluding carboxylic acids is 2. The van der Waals surface area contributed by atoms with Gasteiger partial charge in [0.25, 0.3) is 5.78 Å². The molecule has 1 N–H and O–H groups in total. The summed E-state index contributed by atoms with van der Waals surface area (Å²) in [4.78, 5) is 33.3. The molecular weight excluding hydrogens is 504 g/mol. The highest BCUT2D eigenvalue weighted by atomic mass is 32.1. The van der Waals surface area contributed by atoms with E-state index >= 15 is 0 Å². The third-order valence-electron chi connectivity index (χ3n) is 6.56. The van der Waals surface area contributed by atoms with Gasteiger partial charge in [-0.05, 0) is 61.4 Å². The van der Waals surface area contributed by atoms with Gasteiger partial charge in [-0.3, -0.25) is 14.5 Å². The minimum absolute atomic E-state index is 0.0705. The molecular formula is C29H26N2O6S. The first-order valence-corrected chi connectivity index (χ1v) is 12.6. The molecule has 1 aliphatic rings. The van der Waals surface area contributed by atoms with Gasteiger partial charge in [0.2, 0.25) is 0 Å². The summed E-state index contributed by atoms with van der Waals surface area (Å²) >= 11 is 1.31. The molecule has 9 heteroatoms. The average molecular weight is 531 g/mol. The van der Waals surface area contributed by atoms with Crippen molar-refractivity contribution in [3.05, 3.63) is 82.4 Å². The normalized spacial score (nSPS) is 16.8. The largest absolute Gasteiger partial charge is 0.507 e. The molecule has 194 valence electrons. The molecule has 4 aromatic rings. The van der Waals surface area contributed by atoms with Gasteiger partial charge in [0.1, 0.15) is 17.6 Å². The topological polar surface area (TPSA) is 98.2 Å². The van der Waals surface area contributed by atoms with Crippen LogP contribution in [0.25, 0.3) is 16.0 Å². The predicted octanol–water partition coefficient (Wildman–Crippen LogP) is 5.57. The van der Waals surface area contributed by atoms with E-state index < -0.39 is 17.7 Å². The number of hydrogen-bond donors (Lipinski definition) is 1. The third-order valence-corrected chi connectivity index (χ3v) is 7.56.